The zero-order chi connectivity index (χ0) is 17.5. The highest BCUT2D eigenvalue weighted by Gasteiger charge is 2.17. The first kappa shape index (κ1) is 16.2. The van der Waals surface area contributed by atoms with Crippen molar-refractivity contribution in [1.29, 1.82) is 0 Å². The Morgan fingerprint density at radius 2 is 1.75 bits per heavy atom. The second kappa shape index (κ2) is 5.47. The maximum atomic E-state index is 12.4. The minimum Gasteiger partial charge on any atom is -0.408 e. The molecule has 0 fully saturated rings. The SMILES string of the molecule is NS(=O)(=O)c1cccc(NS(=O)(=O)c2ccc3[nH]c(=O)oc3c2)c1. The van der Waals surface area contributed by atoms with E-state index in [0.29, 0.717) is 5.52 Å². The van der Waals surface area contributed by atoms with Gasteiger partial charge in [0.1, 0.15) is 0 Å². The molecular weight excluding hydrogens is 358 g/mol. The van der Waals surface area contributed by atoms with E-state index in [4.69, 9.17) is 9.56 Å². The Morgan fingerprint density at radius 3 is 2.46 bits per heavy atom. The number of aromatic amines is 1. The van der Waals surface area contributed by atoms with Gasteiger partial charge in [-0.25, -0.2) is 26.8 Å². The summed E-state index contributed by atoms with van der Waals surface area (Å²) in [5, 5.41) is 5.01. The molecule has 3 aromatic rings. The van der Waals surface area contributed by atoms with Crippen molar-refractivity contribution in [1.82, 2.24) is 4.98 Å². The van der Waals surface area contributed by atoms with Crippen molar-refractivity contribution in [3.05, 3.63) is 53.0 Å². The third-order valence-electron chi connectivity index (χ3n) is 3.12. The number of primary sulfonamides is 1. The van der Waals surface area contributed by atoms with Gasteiger partial charge in [-0.2, -0.15) is 0 Å². The molecule has 0 unspecified atom stereocenters. The number of benzene rings is 2. The Hall–Kier alpha value is -2.63. The van der Waals surface area contributed by atoms with Crippen LogP contribution in [0.4, 0.5) is 5.69 Å². The largest absolute Gasteiger partial charge is 0.417 e. The van der Waals surface area contributed by atoms with Crippen molar-refractivity contribution >= 4 is 36.8 Å². The van der Waals surface area contributed by atoms with E-state index in [9.17, 15) is 21.6 Å². The van der Waals surface area contributed by atoms with E-state index < -0.39 is 25.8 Å². The van der Waals surface area contributed by atoms with Crippen LogP contribution in [0, 0.1) is 0 Å². The summed E-state index contributed by atoms with van der Waals surface area (Å²) in [6.45, 7) is 0. The summed E-state index contributed by atoms with van der Waals surface area (Å²) >= 11 is 0. The van der Waals surface area contributed by atoms with Crippen LogP contribution in [-0.2, 0) is 20.0 Å². The molecule has 126 valence electrons. The normalized spacial score (nSPS) is 12.4. The van der Waals surface area contributed by atoms with Gasteiger partial charge in [-0.3, -0.25) is 9.71 Å². The van der Waals surface area contributed by atoms with Gasteiger partial charge in [-0.15, -0.1) is 0 Å². The zero-order valence-corrected chi connectivity index (χ0v) is 13.5. The number of nitrogens with two attached hydrogens (primary N) is 1. The Kier molecular flexibility index (Phi) is 3.70. The molecule has 4 N–H and O–H groups in total. The molecule has 0 radical (unpaired) electrons. The highest BCUT2D eigenvalue weighted by atomic mass is 32.2. The van der Waals surface area contributed by atoms with Crippen LogP contribution in [-0.4, -0.2) is 21.8 Å². The van der Waals surface area contributed by atoms with E-state index in [1.54, 1.807) is 0 Å². The molecule has 3 rings (SSSR count). The van der Waals surface area contributed by atoms with Crippen molar-refractivity contribution in [2.75, 3.05) is 4.72 Å². The van der Waals surface area contributed by atoms with E-state index in [1.807, 2.05) is 0 Å². The molecule has 2 aromatic carbocycles. The smallest absolute Gasteiger partial charge is 0.408 e. The summed E-state index contributed by atoms with van der Waals surface area (Å²) in [5.74, 6) is -0.701. The maximum absolute atomic E-state index is 12.4. The second-order valence-corrected chi connectivity index (χ2v) is 8.09. The van der Waals surface area contributed by atoms with Crippen molar-refractivity contribution in [3.63, 3.8) is 0 Å². The van der Waals surface area contributed by atoms with Gasteiger partial charge in [-0.05, 0) is 30.3 Å². The quantitative estimate of drug-likeness (QED) is 0.611. The van der Waals surface area contributed by atoms with Crippen molar-refractivity contribution in [2.24, 2.45) is 5.14 Å². The minimum absolute atomic E-state index is 0.0251. The van der Waals surface area contributed by atoms with Gasteiger partial charge in [0.25, 0.3) is 10.0 Å². The van der Waals surface area contributed by atoms with Crippen LogP contribution < -0.4 is 15.6 Å². The van der Waals surface area contributed by atoms with E-state index >= 15 is 0 Å². The number of oxazole rings is 1. The first-order valence-corrected chi connectivity index (χ1v) is 9.47. The number of rotatable bonds is 4. The molecule has 0 atom stereocenters. The summed E-state index contributed by atoms with van der Waals surface area (Å²) in [7, 11) is -7.98. The number of hydrogen-bond donors (Lipinski definition) is 3. The van der Waals surface area contributed by atoms with Crippen LogP contribution in [0.2, 0.25) is 0 Å². The van der Waals surface area contributed by atoms with Gasteiger partial charge < -0.3 is 4.42 Å². The van der Waals surface area contributed by atoms with Crippen LogP contribution in [0.15, 0.2) is 61.5 Å². The fraction of sp³-hybridized carbons (Fsp3) is 0. The lowest BCUT2D eigenvalue weighted by Crippen LogP contribution is -2.15. The van der Waals surface area contributed by atoms with E-state index in [2.05, 4.69) is 9.71 Å². The molecule has 0 aliphatic heterocycles. The first-order valence-electron chi connectivity index (χ1n) is 6.44. The van der Waals surface area contributed by atoms with Gasteiger partial charge in [0, 0.05) is 6.07 Å². The van der Waals surface area contributed by atoms with Gasteiger partial charge in [0.2, 0.25) is 10.0 Å². The molecule has 0 bridgehead atoms. The second-order valence-electron chi connectivity index (χ2n) is 4.85. The topological polar surface area (TPSA) is 152 Å². The highest BCUT2D eigenvalue weighted by molar-refractivity contribution is 7.92. The van der Waals surface area contributed by atoms with Crippen molar-refractivity contribution < 1.29 is 21.3 Å². The van der Waals surface area contributed by atoms with Crippen molar-refractivity contribution in [2.45, 2.75) is 9.79 Å². The summed E-state index contributed by atoms with van der Waals surface area (Å²) in [6, 6.07) is 8.91. The van der Waals surface area contributed by atoms with Gasteiger partial charge in [-0.1, -0.05) is 6.07 Å². The van der Waals surface area contributed by atoms with Crippen LogP contribution >= 0.6 is 0 Å². The first-order chi connectivity index (χ1) is 11.1. The zero-order valence-electron chi connectivity index (χ0n) is 11.9. The molecule has 1 aromatic heterocycles. The molecule has 0 saturated carbocycles. The number of fused-ring (bicyclic) bond motifs is 1. The summed E-state index contributed by atoms with van der Waals surface area (Å²) in [5.41, 5.74) is 0.466. The molecule has 0 saturated heterocycles. The Bertz CT molecular complexity index is 1190. The molecule has 1 heterocycles. The Morgan fingerprint density at radius 1 is 1.00 bits per heavy atom. The lowest BCUT2D eigenvalue weighted by Gasteiger charge is -2.09. The number of H-pyrrole nitrogens is 1. The monoisotopic (exact) mass is 369 g/mol. The summed E-state index contributed by atoms with van der Waals surface area (Å²) in [6.07, 6.45) is 0. The number of sulfonamides is 2. The number of nitrogens with one attached hydrogen (secondary N) is 2. The molecule has 24 heavy (non-hydrogen) atoms. The molecule has 11 heteroatoms. The summed E-state index contributed by atoms with van der Waals surface area (Å²) < 4.78 is 54.5. The Labute approximate surface area is 136 Å². The fourth-order valence-corrected chi connectivity index (χ4v) is 3.67. The van der Waals surface area contributed by atoms with Crippen LogP contribution in [0.5, 0.6) is 0 Å². The Balaban J connectivity index is 1.99. The molecular formula is C13H11N3O6S2. The van der Waals surface area contributed by atoms with Crippen LogP contribution in [0.25, 0.3) is 11.1 Å². The predicted octanol–water partition coefficient (Wildman–Crippen LogP) is 0.569. The third-order valence-corrected chi connectivity index (χ3v) is 5.41. The molecule has 0 aliphatic rings. The average Bonchev–Trinajstić information content (AvgIpc) is 2.85. The van der Waals surface area contributed by atoms with Gasteiger partial charge in [0.15, 0.2) is 5.58 Å². The van der Waals surface area contributed by atoms with Crippen molar-refractivity contribution in [3.8, 4) is 0 Å². The van der Waals surface area contributed by atoms with E-state index in [1.165, 1.54) is 36.4 Å². The third kappa shape index (κ3) is 3.18. The predicted molar refractivity (Wildman–Crippen MR) is 85.5 cm³/mol. The maximum Gasteiger partial charge on any atom is 0.417 e. The lowest BCUT2D eigenvalue weighted by atomic mass is 10.3. The highest BCUT2D eigenvalue weighted by Crippen LogP contribution is 2.21. The summed E-state index contributed by atoms with van der Waals surface area (Å²) in [4.78, 5) is 13.1. The van der Waals surface area contributed by atoms with Crippen LogP contribution in [0.1, 0.15) is 0 Å². The van der Waals surface area contributed by atoms with E-state index in [0.717, 1.165) is 6.07 Å². The fourth-order valence-electron chi connectivity index (χ4n) is 2.04. The van der Waals surface area contributed by atoms with Crippen LogP contribution in [0.3, 0.4) is 0 Å². The number of aromatic nitrogens is 1. The lowest BCUT2D eigenvalue weighted by molar-refractivity contribution is 0.554. The number of hydrogen-bond acceptors (Lipinski definition) is 6. The van der Waals surface area contributed by atoms with Gasteiger partial charge >= 0.3 is 5.76 Å². The minimum atomic E-state index is -4.02. The standard InChI is InChI=1S/C13H11N3O6S2/c14-23(18,19)9-3-1-2-8(6-9)16-24(20,21)10-4-5-11-12(7-10)22-13(17)15-11/h1-7,16H,(H,15,17)(H2,14,18,19). The molecule has 0 spiro atoms. The average molecular weight is 369 g/mol. The number of anilines is 1. The van der Waals surface area contributed by atoms with E-state index in [-0.39, 0.29) is 21.1 Å². The molecule has 0 amide bonds. The van der Waals surface area contributed by atoms with Gasteiger partial charge in [0.05, 0.1) is 21.0 Å². The molecule has 0 aliphatic carbocycles. The molecule has 9 nitrogen and oxygen atoms in total.